The zero-order valence-corrected chi connectivity index (χ0v) is 13.5. The number of hydrogen-bond donors (Lipinski definition) is 1. The molecule has 0 aromatic heterocycles. The first-order valence-electron chi connectivity index (χ1n) is 5.70. The van der Waals surface area contributed by atoms with Crippen LogP contribution in [-0.4, -0.2) is 7.11 Å². The van der Waals surface area contributed by atoms with Gasteiger partial charge in [0.25, 0.3) is 0 Å². The van der Waals surface area contributed by atoms with Crippen molar-refractivity contribution in [3.63, 3.8) is 0 Å². The number of hydrogen-bond acceptors (Lipinski definition) is 2. The topological polar surface area (TPSA) is 35.2 Å². The Labute approximate surface area is 137 Å². The molecule has 0 unspecified atom stereocenters. The lowest BCUT2D eigenvalue weighted by Gasteiger charge is -2.13. The molecule has 6 heteroatoms. The molecule has 0 spiro atoms. The molecule has 0 amide bonds. The molecule has 0 heterocycles. The van der Waals surface area contributed by atoms with Gasteiger partial charge in [-0.05, 0) is 23.8 Å². The maximum atomic E-state index is 6.24. The van der Waals surface area contributed by atoms with Gasteiger partial charge in [-0.3, -0.25) is 0 Å². The lowest BCUT2D eigenvalue weighted by molar-refractivity contribution is 0.410. The van der Waals surface area contributed by atoms with Gasteiger partial charge in [-0.15, -0.1) is 0 Å². The van der Waals surface area contributed by atoms with Crippen molar-refractivity contribution in [1.29, 1.82) is 0 Å². The van der Waals surface area contributed by atoms with Crippen molar-refractivity contribution in [1.82, 2.24) is 0 Å². The maximum absolute atomic E-state index is 6.24. The zero-order valence-electron chi connectivity index (χ0n) is 10.5. The maximum Gasteiger partial charge on any atom is 0.123 e. The minimum atomic E-state index is 0.334. The molecule has 2 nitrogen and oxygen atoms in total. The molecule has 2 aromatic rings. The van der Waals surface area contributed by atoms with Crippen LogP contribution >= 0.6 is 46.4 Å². The van der Waals surface area contributed by atoms with Gasteiger partial charge >= 0.3 is 0 Å². The highest BCUT2D eigenvalue weighted by Gasteiger charge is 2.16. The van der Waals surface area contributed by atoms with Crippen LogP contribution in [0.4, 0.5) is 0 Å². The summed E-state index contributed by atoms with van der Waals surface area (Å²) < 4.78 is 5.24. The van der Waals surface area contributed by atoms with Gasteiger partial charge in [0.1, 0.15) is 5.75 Å². The Balaban J connectivity index is 2.69. The van der Waals surface area contributed by atoms with Crippen LogP contribution in [0.3, 0.4) is 0 Å². The van der Waals surface area contributed by atoms with E-state index in [0.717, 1.165) is 11.1 Å². The van der Waals surface area contributed by atoms with E-state index in [1.807, 2.05) is 12.1 Å². The summed E-state index contributed by atoms with van der Waals surface area (Å²) in [4.78, 5) is 0. The average molecular weight is 351 g/mol. The predicted molar refractivity (Wildman–Crippen MR) is 86.4 cm³/mol. The van der Waals surface area contributed by atoms with E-state index in [0.29, 0.717) is 37.9 Å². The molecule has 0 fully saturated rings. The number of benzene rings is 2. The fourth-order valence-corrected chi connectivity index (χ4v) is 2.95. The highest BCUT2D eigenvalue weighted by Crippen LogP contribution is 2.43. The van der Waals surface area contributed by atoms with E-state index in [1.54, 1.807) is 13.2 Å². The van der Waals surface area contributed by atoms with Crippen molar-refractivity contribution >= 4 is 46.4 Å². The van der Waals surface area contributed by atoms with Crippen LogP contribution < -0.4 is 10.5 Å². The number of halogens is 4. The first kappa shape index (κ1) is 15.7. The normalized spacial score (nSPS) is 10.7. The highest BCUT2D eigenvalue weighted by atomic mass is 35.5. The highest BCUT2D eigenvalue weighted by molar-refractivity contribution is 6.50. The van der Waals surface area contributed by atoms with Gasteiger partial charge in [-0.2, -0.15) is 0 Å². The van der Waals surface area contributed by atoms with Crippen molar-refractivity contribution in [2.45, 2.75) is 6.54 Å². The Kier molecular flexibility index (Phi) is 5.05. The number of rotatable bonds is 3. The van der Waals surface area contributed by atoms with E-state index >= 15 is 0 Å². The van der Waals surface area contributed by atoms with Gasteiger partial charge in [0.05, 0.1) is 27.2 Å². The molecule has 0 saturated heterocycles. The van der Waals surface area contributed by atoms with Gasteiger partial charge < -0.3 is 10.5 Å². The molecule has 0 bridgehead atoms. The molecule has 2 N–H and O–H groups in total. The van der Waals surface area contributed by atoms with E-state index in [9.17, 15) is 0 Å². The van der Waals surface area contributed by atoms with E-state index in [4.69, 9.17) is 56.9 Å². The van der Waals surface area contributed by atoms with Crippen LogP contribution in [-0.2, 0) is 6.54 Å². The third-order valence-corrected chi connectivity index (χ3v) is 4.48. The number of nitrogens with two attached hydrogens (primary N) is 1. The molecule has 0 aliphatic rings. The zero-order chi connectivity index (χ0) is 14.9. The average Bonchev–Trinajstić information content (AvgIpc) is 2.45. The van der Waals surface area contributed by atoms with E-state index < -0.39 is 0 Å². The quantitative estimate of drug-likeness (QED) is 0.748. The summed E-state index contributed by atoms with van der Waals surface area (Å²) in [6.07, 6.45) is 0. The van der Waals surface area contributed by atoms with Crippen LogP contribution in [0.25, 0.3) is 11.1 Å². The smallest absolute Gasteiger partial charge is 0.123 e. The summed E-state index contributed by atoms with van der Waals surface area (Å²) in [5, 5.41) is 1.41. The summed E-state index contributed by atoms with van der Waals surface area (Å²) in [5.41, 5.74) is 7.92. The molecule has 106 valence electrons. The molecule has 0 saturated carbocycles. The van der Waals surface area contributed by atoms with E-state index in [-0.39, 0.29) is 0 Å². The van der Waals surface area contributed by atoms with Crippen molar-refractivity contribution < 1.29 is 4.74 Å². The van der Waals surface area contributed by atoms with Crippen LogP contribution in [0.2, 0.25) is 20.1 Å². The first-order valence-corrected chi connectivity index (χ1v) is 7.21. The van der Waals surface area contributed by atoms with Gasteiger partial charge in [-0.25, -0.2) is 0 Å². The van der Waals surface area contributed by atoms with Crippen LogP contribution in [0.1, 0.15) is 5.56 Å². The second-order valence-corrected chi connectivity index (χ2v) is 5.64. The minimum Gasteiger partial charge on any atom is -0.496 e. The fraction of sp³-hybridized carbons (Fsp3) is 0.143. The third kappa shape index (κ3) is 2.85. The molecule has 0 radical (unpaired) electrons. The second-order valence-electron chi connectivity index (χ2n) is 4.07. The van der Waals surface area contributed by atoms with E-state index in [2.05, 4.69) is 0 Å². The number of ether oxygens (including phenoxy) is 1. The molecule has 20 heavy (non-hydrogen) atoms. The Morgan fingerprint density at radius 1 is 1.00 bits per heavy atom. The molecule has 0 atom stereocenters. The molecule has 2 aromatic carbocycles. The first-order chi connectivity index (χ1) is 9.49. The van der Waals surface area contributed by atoms with Crippen molar-refractivity contribution in [2.75, 3.05) is 7.11 Å². The summed E-state index contributed by atoms with van der Waals surface area (Å²) in [6, 6.07) is 7.01. The van der Waals surface area contributed by atoms with Crippen LogP contribution in [0, 0.1) is 0 Å². The van der Waals surface area contributed by atoms with Crippen molar-refractivity contribution in [3.05, 3.63) is 49.9 Å². The van der Waals surface area contributed by atoms with Gasteiger partial charge in [-0.1, -0.05) is 52.5 Å². The summed E-state index contributed by atoms with van der Waals surface area (Å²) in [6.45, 7) is 0.334. The lowest BCUT2D eigenvalue weighted by atomic mass is 10.0. The van der Waals surface area contributed by atoms with Crippen molar-refractivity contribution in [2.24, 2.45) is 5.73 Å². The Bertz CT molecular complexity index is 632. The van der Waals surface area contributed by atoms with Gasteiger partial charge in [0.15, 0.2) is 0 Å². The summed E-state index contributed by atoms with van der Waals surface area (Å²) in [5.74, 6) is 0.705. The monoisotopic (exact) mass is 349 g/mol. The molecular formula is C14H11Cl4NO. The molecule has 0 aliphatic heterocycles. The largest absolute Gasteiger partial charge is 0.496 e. The van der Waals surface area contributed by atoms with E-state index in [1.165, 1.54) is 6.07 Å². The minimum absolute atomic E-state index is 0.334. The Hall–Kier alpha value is -0.640. The van der Waals surface area contributed by atoms with Gasteiger partial charge in [0, 0.05) is 17.7 Å². The van der Waals surface area contributed by atoms with Gasteiger partial charge in [0.2, 0.25) is 0 Å². The van der Waals surface area contributed by atoms with Crippen LogP contribution in [0.15, 0.2) is 24.3 Å². The molecule has 0 aliphatic carbocycles. The molecular weight excluding hydrogens is 340 g/mol. The predicted octanol–water partition coefficient (Wildman–Crippen LogP) is 5.43. The summed E-state index contributed by atoms with van der Waals surface area (Å²) in [7, 11) is 1.59. The molecule has 2 rings (SSSR count). The van der Waals surface area contributed by atoms with Crippen molar-refractivity contribution in [3.8, 4) is 16.9 Å². The number of methoxy groups -OCH3 is 1. The van der Waals surface area contributed by atoms with Crippen LogP contribution in [0.5, 0.6) is 5.75 Å². The third-order valence-electron chi connectivity index (χ3n) is 2.90. The Morgan fingerprint density at radius 2 is 1.60 bits per heavy atom. The fourth-order valence-electron chi connectivity index (χ4n) is 1.92. The SMILES string of the molecule is COc1ccc(-c2c(Cl)c(Cl)cc(Cl)c2Cl)cc1CN. The standard InChI is InChI=1S/C14H11Cl4NO/c1-20-11-3-2-7(4-8(11)6-19)12-13(17)9(15)5-10(16)14(12)18/h2-5H,6,19H2,1H3. The summed E-state index contributed by atoms with van der Waals surface area (Å²) >= 11 is 24.6. The second kappa shape index (κ2) is 6.42. The lowest BCUT2D eigenvalue weighted by Crippen LogP contribution is -2.00. The Morgan fingerprint density at radius 3 is 2.10 bits per heavy atom.